The maximum absolute atomic E-state index is 13.8. The van der Waals surface area contributed by atoms with E-state index in [1.54, 1.807) is 22.8 Å². The first kappa shape index (κ1) is 19.1. The average Bonchev–Trinajstić information content (AvgIpc) is 3.10. The molecule has 7 heteroatoms. The fourth-order valence-electron chi connectivity index (χ4n) is 4.80. The van der Waals surface area contributed by atoms with Gasteiger partial charge in [-0.2, -0.15) is 0 Å². The second kappa shape index (κ2) is 6.84. The Bertz CT molecular complexity index is 1170. The normalized spacial score (nSPS) is 21.2. The molecule has 0 radical (unpaired) electrons. The van der Waals surface area contributed by atoms with Crippen LogP contribution in [0.1, 0.15) is 23.7 Å². The number of aromatic nitrogens is 1. The third-order valence-electron chi connectivity index (χ3n) is 6.39. The first-order valence-electron chi connectivity index (χ1n) is 10.0. The van der Waals surface area contributed by atoms with Gasteiger partial charge in [-0.1, -0.05) is 23.7 Å². The van der Waals surface area contributed by atoms with Crippen LogP contribution in [0.5, 0.6) is 0 Å². The zero-order chi connectivity index (χ0) is 21.0. The van der Waals surface area contributed by atoms with Crippen LogP contribution in [0.2, 0.25) is 5.02 Å². The highest BCUT2D eigenvalue weighted by Crippen LogP contribution is 2.42. The molecule has 5 rings (SSSR count). The number of carbonyl (C=O) groups excluding carboxylic acids is 2. The number of nitrogens with zero attached hydrogens (tertiary/aromatic N) is 2. The lowest BCUT2D eigenvalue weighted by molar-refractivity contribution is -0.165. The summed E-state index contributed by atoms with van der Waals surface area (Å²) >= 11 is 5.95. The summed E-state index contributed by atoms with van der Waals surface area (Å²) in [5, 5.41) is 1.44. The minimum Gasteiger partial charge on any atom is -0.356 e. The average molecular weight is 426 g/mol. The van der Waals surface area contributed by atoms with E-state index in [1.807, 2.05) is 24.3 Å². The van der Waals surface area contributed by atoms with E-state index < -0.39 is 5.54 Å². The van der Waals surface area contributed by atoms with Crippen LogP contribution in [0.25, 0.3) is 10.9 Å². The van der Waals surface area contributed by atoms with Crippen LogP contribution in [-0.2, 0) is 28.0 Å². The summed E-state index contributed by atoms with van der Waals surface area (Å²) < 4.78 is 13.8. The lowest BCUT2D eigenvalue weighted by Gasteiger charge is -2.49. The van der Waals surface area contributed by atoms with Crippen molar-refractivity contribution in [3.8, 4) is 0 Å². The van der Waals surface area contributed by atoms with Crippen LogP contribution in [-0.4, -0.2) is 46.2 Å². The summed E-state index contributed by atoms with van der Waals surface area (Å²) in [6.07, 6.45) is 1.23. The van der Waals surface area contributed by atoms with Gasteiger partial charge in [0.2, 0.25) is 5.91 Å². The van der Waals surface area contributed by atoms with E-state index in [0.29, 0.717) is 36.6 Å². The molecule has 1 aromatic heterocycles. The topological polar surface area (TPSA) is 56.4 Å². The van der Waals surface area contributed by atoms with E-state index in [1.165, 1.54) is 12.1 Å². The van der Waals surface area contributed by atoms with Crippen LogP contribution in [0.4, 0.5) is 4.39 Å². The SMILES string of the molecule is C[C@]12C(=O)N(CCc3ccc(Cl)cc3)CC(=O)N1CCc1c2[nH]c2ccc(F)cc12. The first-order valence-corrected chi connectivity index (χ1v) is 10.4. The molecule has 0 saturated carbocycles. The lowest BCUT2D eigenvalue weighted by atomic mass is 9.83. The Balaban J connectivity index is 1.50. The molecule has 1 fully saturated rings. The molecule has 0 bridgehead atoms. The summed E-state index contributed by atoms with van der Waals surface area (Å²) in [6, 6.07) is 12.1. The summed E-state index contributed by atoms with van der Waals surface area (Å²) in [6.45, 7) is 2.76. The number of rotatable bonds is 3. The van der Waals surface area contributed by atoms with Gasteiger partial charge in [0.25, 0.3) is 5.91 Å². The minimum atomic E-state index is -1.11. The van der Waals surface area contributed by atoms with Gasteiger partial charge in [0.1, 0.15) is 5.82 Å². The van der Waals surface area contributed by atoms with Gasteiger partial charge in [-0.05, 0) is 61.2 Å². The maximum Gasteiger partial charge on any atom is 0.254 e. The van der Waals surface area contributed by atoms with Gasteiger partial charge in [-0.15, -0.1) is 0 Å². The van der Waals surface area contributed by atoms with E-state index >= 15 is 0 Å². The van der Waals surface area contributed by atoms with Crippen LogP contribution < -0.4 is 0 Å². The van der Waals surface area contributed by atoms with E-state index in [0.717, 1.165) is 22.0 Å². The monoisotopic (exact) mass is 425 g/mol. The number of hydrogen-bond donors (Lipinski definition) is 1. The second-order valence-electron chi connectivity index (χ2n) is 8.14. The van der Waals surface area contributed by atoms with E-state index in [-0.39, 0.29) is 24.2 Å². The van der Waals surface area contributed by atoms with Crippen molar-refractivity contribution in [2.24, 2.45) is 0 Å². The Hall–Kier alpha value is -2.86. The predicted molar refractivity (Wildman–Crippen MR) is 113 cm³/mol. The molecule has 0 spiro atoms. The van der Waals surface area contributed by atoms with Crippen LogP contribution in [0, 0.1) is 5.82 Å². The molecule has 2 amide bonds. The van der Waals surface area contributed by atoms with Crippen molar-refractivity contribution in [2.75, 3.05) is 19.6 Å². The Labute approximate surface area is 178 Å². The third kappa shape index (κ3) is 2.82. The van der Waals surface area contributed by atoms with E-state index in [4.69, 9.17) is 11.6 Å². The molecular weight excluding hydrogens is 405 g/mol. The van der Waals surface area contributed by atoms with Crippen molar-refractivity contribution >= 4 is 34.3 Å². The molecule has 2 aromatic carbocycles. The number of nitrogens with one attached hydrogen (secondary N) is 1. The second-order valence-corrected chi connectivity index (χ2v) is 8.58. The number of carbonyl (C=O) groups is 2. The van der Waals surface area contributed by atoms with Gasteiger partial charge < -0.3 is 14.8 Å². The fraction of sp³-hybridized carbons (Fsp3) is 0.304. The number of fused-ring (bicyclic) bond motifs is 5. The summed E-state index contributed by atoms with van der Waals surface area (Å²) in [5.41, 5.74) is 2.34. The molecule has 1 N–H and O–H groups in total. The molecule has 3 heterocycles. The molecule has 5 nitrogen and oxygen atoms in total. The summed E-state index contributed by atoms with van der Waals surface area (Å²) in [5.74, 6) is -0.486. The van der Waals surface area contributed by atoms with E-state index in [2.05, 4.69) is 4.98 Å². The Morgan fingerprint density at radius 1 is 1.17 bits per heavy atom. The number of aromatic amines is 1. The lowest BCUT2D eigenvalue weighted by Crippen LogP contribution is -2.67. The molecule has 30 heavy (non-hydrogen) atoms. The fourth-order valence-corrected chi connectivity index (χ4v) is 4.92. The number of amides is 2. The highest BCUT2D eigenvalue weighted by Gasteiger charge is 2.53. The quantitative estimate of drug-likeness (QED) is 0.696. The zero-order valence-corrected chi connectivity index (χ0v) is 17.3. The highest BCUT2D eigenvalue weighted by molar-refractivity contribution is 6.30. The van der Waals surface area contributed by atoms with Gasteiger partial charge >= 0.3 is 0 Å². The van der Waals surface area contributed by atoms with Crippen LogP contribution >= 0.6 is 11.6 Å². The van der Waals surface area contributed by atoms with Crippen molar-refractivity contribution in [1.29, 1.82) is 0 Å². The Morgan fingerprint density at radius 3 is 2.70 bits per heavy atom. The van der Waals surface area contributed by atoms with E-state index in [9.17, 15) is 14.0 Å². The molecule has 0 unspecified atom stereocenters. The molecular formula is C23H21ClFN3O2. The van der Waals surface area contributed by atoms with Crippen molar-refractivity contribution in [3.63, 3.8) is 0 Å². The van der Waals surface area contributed by atoms with Gasteiger partial charge in [-0.25, -0.2) is 4.39 Å². The molecule has 2 aliphatic rings. The van der Waals surface area contributed by atoms with Gasteiger partial charge in [0.15, 0.2) is 5.54 Å². The van der Waals surface area contributed by atoms with Gasteiger partial charge in [0, 0.05) is 29.0 Å². The van der Waals surface area contributed by atoms with Crippen LogP contribution in [0.15, 0.2) is 42.5 Å². The number of benzene rings is 2. The molecule has 2 aliphatic heterocycles. The van der Waals surface area contributed by atoms with Crippen molar-refractivity contribution in [1.82, 2.24) is 14.8 Å². The van der Waals surface area contributed by atoms with Crippen LogP contribution in [0.3, 0.4) is 0 Å². The highest BCUT2D eigenvalue weighted by atomic mass is 35.5. The molecule has 1 atom stereocenters. The Morgan fingerprint density at radius 2 is 1.93 bits per heavy atom. The third-order valence-corrected chi connectivity index (χ3v) is 6.65. The smallest absolute Gasteiger partial charge is 0.254 e. The summed E-state index contributed by atoms with van der Waals surface area (Å²) in [4.78, 5) is 33.2. The number of halogens is 2. The van der Waals surface area contributed by atoms with Gasteiger partial charge in [0.05, 0.1) is 12.2 Å². The molecule has 3 aromatic rings. The van der Waals surface area contributed by atoms with Crippen molar-refractivity contribution in [2.45, 2.75) is 25.3 Å². The van der Waals surface area contributed by atoms with Crippen molar-refractivity contribution in [3.05, 3.63) is 70.1 Å². The van der Waals surface area contributed by atoms with Crippen molar-refractivity contribution < 1.29 is 14.0 Å². The molecule has 154 valence electrons. The molecule has 1 saturated heterocycles. The molecule has 0 aliphatic carbocycles. The van der Waals surface area contributed by atoms with Gasteiger partial charge in [-0.3, -0.25) is 9.59 Å². The zero-order valence-electron chi connectivity index (χ0n) is 16.5. The number of hydrogen-bond acceptors (Lipinski definition) is 2. The first-order chi connectivity index (χ1) is 14.4. The number of H-pyrrole nitrogens is 1. The minimum absolute atomic E-state index is 0.0660. The number of piperazine rings is 1. The predicted octanol–water partition coefficient (Wildman–Crippen LogP) is 3.65. The standard InChI is InChI=1S/C23H21ClFN3O2/c1-23-21-17(18-12-16(25)6-7-19(18)26-21)9-11-28(23)20(29)13-27(22(23)30)10-8-14-2-4-15(24)5-3-14/h2-7,12,26H,8-11,13H2,1H3/t23-/m0/s1. The largest absolute Gasteiger partial charge is 0.356 e. The summed E-state index contributed by atoms with van der Waals surface area (Å²) in [7, 11) is 0. The Kier molecular flexibility index (Phi) is 4.36. The maximum atomic E-state index is 13.8.